The molecule has 0 amide bonds. The molecule has 0 radical (unpaired) electrons. The molecule has 19 heavy (non-hydrogen) atoms. The Morgan fingerprint density at radius 2 is 1.47 bits per heavy atom. The molecule has 1 rings (SSSR count). The van der Waals surface area contributed by atoms with E-state index < -0.39 is 32.3 Å². The van der Waals surface area contributed by atoms with Crippen LogP contribution in [-0.4, -0.2) is 105 Å². The van der Waals surface area contributed by atoms with Crippen LogP contribution in [0.15, 0.2) is 23.1 Å². The molecule has 9 nitrogen and oxygen atoms in total. The van der Waals surface area contributed by atoms with Gasteiger partial charge in [0.05, 0.1) is 4.90 Å². The van der Waals surface area contributed by atoms with Gasteiger partial charge >= 0.3 is 65.1 Å². The maximum atomic E-state index is 10.6. The van der Waals surface area contributed by atoms with Gasteiger partial charge in [0.15, 0.2) is 0 Å². The molecule has 0 atom stereocenters. The second kappa shape index (κ2) is 12.1. The number of aromatic carboxylic acids is 1. The van der Waals surface area contributed by atoms with Crippen molar-refractivity contribution in [2.75, 3.05) is 0 Å². The Kier molecular flexibility index (Phi) is 20.0. The van der Waals surface area contributed by atoms with Crippen molar-refractivity contribution in [3.05, 3.63) is 23.8 Å². The zero-order chi connectivity index (χ0) is 10.9. The van der Waals surface area contributed by atoms with E-state index in [1.54, 1.807) is 0 Å². The number of benzene rings is 1. The van der Waals surface area contributed by atoms with Crippen LogP contribution >= 0.6 is 0 Å². The van der Waals surface area contributed by atoms with Gasteiger partial charge < -0.3 is 26.6 Å². The van der Waals surface area contributed by atoms with Gasteiger partial charge in [0, 0.05) is 0 Å². The van der Waals surface area contributed by atoms with E-state index in [-0.39, 0.29) is 75.5 Å². The van der Waals surface area contributed by atoms with Crippen molar-refractivity contribution in [1.29, 1.82) is 0 Å². The Balaban J connectivity index is -0.000000131. The molecule has 0 fully saturated rings. The average Bonchev–Trinajstić information content (AvgIpc) is 2.02. The molecule has 0 heterocycles. The maximum absolute atomic E-state index is 10.6. The molecule has 104 valence electrons. The third-order valence-electron chi connectivity index (χ3n) is 1.50. The molecule has 0 aromatic heterocycles. The van der Waals surface area contributed by atoms with Gasteiger partial charge in [-0.3, -0.25) is 4.55 Å². The fourth-order valence-corrected chi connectivity index (χ4v) is 1.35. The van der Waals surface area contributed by atoms with Gasteiger partial charge in [-0.15, -0.1) is 0 Å². The first-order chi connectivity index (χ1) is 6.32. The van der Waals surface area contributed by atoms with Crippen LogP contribution in [-0.2, 0) is 10.1 Å². The van der Waals surface area contributed by atoms with E-state index in [9.17, 15) is 13.2 Å². The molecule has 12 heteroatoms. The van der Waals surface area contributed by atoms with Crippen molar-refractivity contribution >= 4 is 75.2 Å². The van der Waals surface area contributed by atoms with Gasteiger partial charge in [-0.1, -0.05) is 0 Å². The predicted molar refractivity (Wildman–Crippen MR) is 70.0 cm³/mol. The second-order valence-electron chi connectivity index (χ2n) is 2.46. The quantitative estimate of drug-likeness (QED) is 0.373. The summed E-state index contributed by atoms with van der Waals surface area (Å²) in [6, 6.07) is 2.46. The van der Waals surface area contributed by atoms with Gasteiger partial charge in [0.25, 0.3) is 10.1 Å². The van der Waals surface area contributed by atoms with E-state index in [1.165, 1.54) is 0 Å². The minimum absolute atomic E-state index is 0. The normalized spacial score (nSPS) is 8.26. The molecular formula is C7H14Na2O9S. The molecule has 0 unspecified atom stereocenters. The van der Waals surface area contributed by atoms with Crippen LogP contribution in [0.3, 0.4) is 0 Å². The summed E-state index contributed by atoms with van der Waals surface area (Å²) < 4.78 is 29.8. The molecule has 0 spiro atoms. The van der Waals surface area contributed by atoms with Crippen LogP contribution < -0.4 is 0 Å². The van der Waals surface area contributed by atoms with Crippen LogP contribution in [0, 0.1) is 0 Å². The SMILES string of the molecule is O.O.O.O=C(O)c1cc(S(=O)(=O)O)ccc1O.[NaH].[NaH]. The molecule has 0 aliphatic rings. The summed E-state index contributed by atoms with van der Waals surface area (Å²) in [5.74, 6) is -2.04. The Morgan fingerprint density at radius 3 is 1.79 bits per heavy atom. The molecule has 9 N–H and O–H groups in total. The first kappa shape index (κ1) is 31.6. The fraction of sp³-hybridized carbons (Fsp3) is 0. The van der Waals surface area contributed by atoms with Crippen LogP contribution in [0.1, 0.15) is 10.4 Å². The Morgan fingerprint density at radius 1 is 1.05 bits per heavy atom. The first-order valence-electron chi connectivity index (χ1n) is 3.36. The molecular weight excluding hydrogens is 306 g/mol. The van der Waals surface area contributed by atoms with Crippen LogP contribution in [0.2, 0.25) is 0 Å². The van der Waals surface area contributed by atoms with Crippen molar-refractivity contribution < 1.29 is 44.4 Å². The van der Waals surface area contributed by atoms with Gasteiger partial charge in [0.1, 0.15) is 11.3 Å². The molecule has 0 aliphatic heterocycles. The zero-order valence-corrected chi connectivity index (χ0v) is 9.02. The number of aromatic hydroxyl groups is 1. The number of carboxylic acids is 1. The van der Waals surface area contributed by atoms with Crippen LogP contribution in [0.25, 0.3) is 0 Å². The molecule has 1 aromatic carbocycles. The monoisotopic (exact) mass is 320 g/mol. The van der Waals surface area contributed by atoms with E-state index >= 15 is 0 Å². The van der Waals surface area contributed by atoms with Crippen molar-refractivity contribution in [3.8, 4) is 5.75 Å². The predicted octanol–water partition coefficient (Wildman–Crippen LogP) is -3.43. The number of rotatable bonds is 2. The average molecular weight is 320 g/mol. The van der Waals surface area contributed by atoms with Crippen molar-refractivity contribution in [3.63, 3.8) is 0 Å². The number of hydrogen-bond acceptors (Lipinski definition) is 4. The summed E-state index contributed by atoms with van der Waals surface area (Å²) in [6.45, 7) is 0. The van der Waals surface area contributed by atoms with Crippen molar-refractivity contribution in [1.82, 2.24) is 0 Å². The topological polar surface area (TPSA) is 206 Å². The van der Waals surface area contributed by atoms with Crippen LogP contribution in [0.5, 0.6) is 5.75 Å². The number of phenols is 1. The van der Waals surface area contributed by atoms with E-state index in [1.807, 2.05) is 0 Å². The van der Waals surface area contributed by atoms with Crippen molar-refractivity contribution in [2.24, 2.45) is 0 Å². The molecule has 0 saturated carbocycles. The summed E-state index contributed by atoms with van der Waals surface area (Å²) in [5.41, 5.74) is -0.583. The number of carbonyl (C=O) groups is 1. The Hall–Kier alpha value is 0.280. The standard InChI is InChI=1S/C7H6O6S.2Na.3H2O.2H/c8-6-2-1-4(14(11,12)13)3-5(6)7(9)10;;;;;;;/h1-3,8H,(H,9,10)(H,11,12,13);;;3*1H2;;. The third-order valence-corrected chi connectivity index (χ3v) is 2.35. The first-order valence-corrected chi connectivity index (χ1v) is 4.80. The second-order valence-corrected chi connectivity index (χ2v) is 3.88. The minimum atomic E-state index is -4.45. The van der Waals surface area contributed by atoms with Crippen molar-refractivity contribution in [2.45, 2.75) is 4.90 Å². The van der Waals surface area contributed by atoms with Crippen LogP contribution in [0.4, 0.5) is 0 Å². The van der Waals surface area contributed by atoms with E-state index in [4.69, 9.17) is 14.8 Å². The molecule has 0 saturated heterocycles. The van der Waals surface area contributed by atoms with Gasteiger partial charge in [-0.25, -0.2) is 4.79 Å². The van der Waals surface area contributed by atoms with Gasteiger partial charge in [-0.2, -0.15) is 8.42 Å². The van der Waals surface area contributed by atoms with Gasteiger partial charge in [0.2, 0.25) is 0 Å². The molecule has 0 aliphatic carbocycles. The van der Waals surface area contributed by atoms with E-state index in [2.05, 4.69) is 0 Å². The van der Waals surface area contributed by atoms with E-state index in [0.29, 0.717) is 6.07 Å². The summed E-state index contributed by atoms with van der Waals surface area (Å²) in [5, 5.41) is 17.5. The Labute approximate surface area is 152 Å². The van der Waals surface area contributed by atoms with E-state index in [0.717, 1.165) is 12.1 Å². The fourth-order valence-electron chi connectivity index (χ4n) is 0.847. The summed E-state index contributed by atoms with van der Waals surface area (Å²) in [4.78, 5) is 9.89. The van der Waals surface area contributed by atoms with Gasteiger partial charge in [-0.05, 0) is 18.2 Å². The summed E-state index contributed by atoms with van der Waals surface area (Å²) in [7, 11) is -4.45. The summed E-state index contributed by atoms with van der Waals surface area (Å²) >= 11 is 0. The Bertz CT molecular complexity index is 487. The number of carboxylic acid groups (broad SMARTS) is 1. The summed E-state index contributed by atoms with van der Waals surface area (Å²) in [6.07, 6.45) is 0. The zero-order valence-electron chi connectivity index (χ0n) is 8.21. The molecule has 1 aromatic rings. The number of hydrogen-bond donors (Lipinski definition) is 3. The molecule has 0 bridgehead atoms. The third kappa shape index (κ3) is 8.94.